The molecule has 1 aliphatic heterocycles. The third-order valence-electron chi connectivity index (χ3n) is 6.29. The minimum atomic E-state index is -0.167. The second-order valence-electron chi connectivity index (χ2n) is 8.29. The van der Waals surface area contributed by atoms with Crippen LogP contribution >= 0.6 is 0 Å². The number of rotatable bonds is 7. The van der Waals surface area contributed by atoms with Crippen LogP contribution < -0.4 is 4.90 Å². The molecule has 0 atom stereocenters. The van der Waals surface area contributed by atoms with Gasteiger partial charge < -0.3 is 4.90 Å². The van der Waals surface area contributed by atoms with Gasteiger partial charge in [-0.3, -0.25) is 14.6 Å². The highest BCUT2D eigenvalue weighted by Crippen LogP contribution is 2.43. The molecule has 2 aromatic rings. The van der Waals surface area contributed by atoms with Gasteiger partial charge in [-0.2, -0.15) is 0 Å². The zero-order chi connectivity index (χ0) is 20.3. The quantitative estimate of drug-likeness (QED) is 0.711. The summed E-state index contributed by atoms with van der Waals surface area (Å²) >= 11 is 0. The van der Waals surface area contributed by atoms with E-state index < -0.39 is 0 Å². The third-order valence-corrected chi connectivity index (χ3v) is 6.29. The van der Waals surface area contributed by atoms with E-state index in [4.69, 9.17) is 0 Å². The number of hydrogen-bond acceptors (Lipinski definition) is 3. The lowest BCUT2D eigenvalue weighted by Gasteiger charge is -2.41. The standard InChI is InChI=1S/C24H30FN3O/c1-2-23(29)28(22-9-4-3-5-10-22)19-24(11-12-24)27-15-13-26(14-16-27)18-20-7-6-8-21(25)17-20/h3-10,17H,2,11-16,18-19H2,1H3. The first-order valence-electron chi connectivity index (χ1n) is 10.7. The molecule has 4 nitrogen and oxygen atoms in total. The van der Waals surface area contributed by atoms with Crippen molar-refractivity contribution in [2.24, 2.45) is 0 Å². The Morgan fingerprint density at radius 1 is 1.03 bits per heavy atom. The average Bonchev–Trinajstić information content (AvgIpc) is 3.53. The number of anilines is 1. The molecule has 0 unspecified atom stereocenters. The van der Waals surface area contributed by atoms with Gasteiger partial charge in [-0.05, 0) is 42.7 Å². The molecular weight excluding hydrogens is 365 g/mol. The van der Waals surface area contributed by atoms with E-state index in [0.717, 1.165) is 63.4 Å². The number of carbonyl (C=O) groups excluding carboxylic acids is 1. The average molecular weight is 396 g/mol. The molecule has 0 N–H and O–H groups in total. The smallest absolute Gasteiger partial charge is 0.226 e. The van der Waals surface area contributed by atoms with Crippen LogP contribution in [0.25, 0.3) is 0 Å². The molecule has 1 saturated heterocycles. The minimum Gasteiger partial charge on any atom is -0.311 e. The molecule has 0 radical (unpaired) electrons. The Morgan fingerprint density at radius 2 is 1.76 bits per heavy atom. The number of halogens is 1. The Balaban J connectivity index is 1.38. The molecule has 0 aromatic heterocycles. The highest BCUT2D eigenvalue weighted by Gasteiger charge is 2.50. The summed E-state index contributed by atoms with van der Waals surface area (Å²) in [5.41, 5.74) is 2.14. The van der Waals surface area contributed by atoms with Gasteiger partial charge in [0.1, 0.15) is 5.82 Å². The molecule has 0 bridgehead atoms. The van der Waals surface area contributed by atoms with Crippen molar-refractivity contribution in [1.29, 1.82) is 0 Å². The van der Waals surface area contributed by atoms with Gasteiger partial charge in [0, 0.05) is 56.9 Å². The number of para-hydroxylation sites is 1. The normalized spacial score (nSPS) is 19.1. The molecule has 2 aliphatic rings. The van der Waals surface area contributed by atoms with E-state index in [-0.39, 0.29) is 17.3 Å². The maximum absolute atomic E-state index is 13.4. The predicted molar refractivity (Wildman–Crippen MR) is 114 cm³/mol. The summed E-state index contributed by atoms with van der Waals surface area (Å²) in [5, 5.41) is 0. The van der Waals surface area contributed by atoms with E-state index in [0.29, 0.717) is 6.42 Å². The van der Waals surface area contributed by atoms with E-state index >= 15 is 0 Å². The molecule has 154 valence electrons. The fourth-order valence-electron chi connectivity index (χ4n) is 4.41. The van der Waals surface area contributed by atoms with Gasteiger partial charge in [0.05, 0.1) is 0 Å². The second-order valence-corrected chi connectivity index (χ2v) is 8.29. The topological polar surface area (TPSA) is 26.8 Å². The minimum absolute atomic E-state index is 0.117. The monoisotopic (exact) mass is 395 g/mol. The molecule has 1 amide bonds. The SMILES string of the molecule is CCC(=O)N(CC1(N2CCN(Cc3cccc(F)c3)CC2)CC1)c1ccccc1. The summed E-state index contributed by atoms with van der Waals surface area (Å²) in [6.45, 7) is 7.45. The van der Waals surface area contributed by atoms with Crippen LogP contribution in [0.15, 0.2) is 54.6 Å². The maximum Gasteiger partial charge on any atom is 0.226 e. The Morgan fingerprint density at radius 3 is 2.38 bits per heavy atom. The van der Waals surface area contributed by atoms with Crippen molar-refractivity contribution in [3.63, 3.8) is 0 Å². The van der Waals surface area contributed by atoms with Crippen LogP contribution in [0.2, 0.25) is 0 Å². The van der Waals surface area contributed by atoms with Crippen LogP contribution in [0, 0.1) is 5.82 Å². The molecule has 2 aromatic carbocycles. The van der Waals surface area contributed by atoms with Crippen molar-refractivity contribution in [3.8, 4) is 0 Å². The van der Waals surface area contributed by atoms with Gasteiger partial charge in [0.2, 0.25) is 5.91 Å². The number of hydrogen-bond donors (Lipinski definition) is 0. The molecule has 5 heteroatoms. The van der Waals surface area contributed by atoms with Gasteiger partial charge in [0.25, 0.3) is 0 Å². The number of carbonyl (C=O) groups is 1. The van der Waals surface area contributed by atoms with Gasteiger partial charge in [-0.15, -0.1) is 0 Å². The van der Waals surface area contributed by atoms with Crippen molar-refractivity contribution in [3.05, 3.63) is 66.0 Å². The first-order valence-corrected chi connectivity index (χ1v) is 10.7. The summed E-state index contributed by atoms with van der Waals surface area (Å²) in [5.74, 6) is 0.0203. The van der Waals surface area contributed by atoms with E-state index in [2.05, 4.69) is 9.80 Å². The van der Waals surface area contributed by atoms with E-state index in [1.165, 1.54) is 6.07 Å². The molecule has 1 saturated carbocycles. The van der Waals surface area contributed by atoms with Crippen molar-refractivity contribution >= 4 is 11.6 Å². The largest absolute Gasteiger partial charge is 0.311 e. The Hall–Kier alpha value is -2.24. The lowest BCUT2D eigenvalue weighted by atomic mass is 10.1. The van der Waals surface area contributed by atoms with E-state index in [1.54, 1.807) is 12.1 Å². The Kier molecular flexibility index (Phi) is 5.97. The number of amides is 1. The molecule has 4 rings (SSSR count). The predicted octanol–water partition coefficient (Wildman–Crippen LogP) is 3.92. The van der Waals surface area contributed by atoms with Gasteiger partial charge >= 0.3 is 0 Å². The van der Waals surface area contributed by atoms with E-state index in [9.17, 15) is 9.18 Å². The Labute approximate surface area is 172 Å². The summed E-state index contributed by atoms with van der Waals surface area (Å²) in [6, 6.07) is 16.9. The van der Waals surface area contributed by atoms with Crippen molar-refractivity contribution in [2.45, 2.75) is 38.3 Å². The zero-order valence-electron chi connectivity index (χ0n) is 17.2. The molecule has 1 heterocycles. The lowest BCUT2D eigenvalue weighted by molar-refractivity contribution is -0.118. The second kappa shape index (κ2) is 8.64. The highest BCUT2D eigenvalue weighted by molar-refractivity contribution is 5.93. The van der Waals surface area contributed by atoms with Crippen LogP contribution in [0.1, 0.15) is 31.7 Å². The summed E-state index contributed by atoms with van der Waals surface area (Å²) in [6.07, 6.45) is 2.82. The fourth-order valence-corrected chi connectivity index (χ4v) is 4.41. The van der Waals surface area contributed by atoms with Crippen LogP contribution in [-0.2, 0) is 11.3 Å². The first kappa shape index (κ1) is 20.0. The fraction of sp³-hybridized carbons (Fsp3) is 0.458. The van der Waals surface area contributed by atoms with Crippen molar-refractivity contribution < 1.29 is 9.18 Å². The van der Waals surface area contributed by atoms with Crippen LogP contribution in [0.3, 0.4) is 0 Å². The summed E-state index contributed by atoms with van der Waals surface area (Å²) in [7, 11) is 0. The lowest BCUT2D eigenvalue weighted by Crippen LogP contribution is -2.55. The molecule has 29 heavy (non-hydrogen) atoms. The number of piperazine rings is 1. The molecular formula is C24H30FN3O. The van der Waals surface area contributed by atoms with E-state index in [1.807, 2.05) is 48.2 Å². The Bertz CT molecular complexity index is 829. The van der Waals surface area contributed by atoms with Crippen LogP contribution in [0.4, 0.5) is 10.1 Å². The highest BCUT2D eigenvalue weighted by atomic mass is 19.1. The van der Waals surface area contributed by atoms with Crippen molar-refractivity contribution in [1.82, 2.24) is 9.80 Å². The number of benzene rings is 2. The third kappa shape index (κ3) is 4.68. The first-order chi connectivity index (χ1) is 14.1. The van der Waals surface area contributed by atoms with Crippen LogP contribution in [-0.4, -0.2) is 54.0 Å². The molecule has 0 spiro atoms. The van der Waals surface area contributed by atoms with Gasteiger partial charge in [-0.1, -0.05) is 37.3 Å². The molecule has 2 fully saturated rings. The molecule has 1 aliphatic carbocycles. The van der Waals surface area contributed by atoms with Gasteiger partial charge in [0.15, 0.2) is 0 Å². The maximum atomic E-state index is 13.4. The summed E-state index contributed by atoms with van der Waals surface area (Å²) < 4.78 is 13.4. The van der Waals surface area contributed by atoms with Crippen molar-refractivity contribution in [2.75, 3.05) is 37.6 Å². The van der Waals surface area contributed by atoms with Gasteiger partial charge in [-0.25, -0.2) is 4.39 Å². The summed E-state index contributed by atoms with van der Waals surface area (Å²) in [4.78, 5) is 19.6. The zero-order valence-corrected chi connectivity index (χ0v) is 17.2. The number of nitrogens with zero attached hydrogens (tertiary/aromatic N) is 3. The van der Waals surface area contributed by atoms with Crippen LogP contribution in [0.5, 0.6) is 0 Å².